The quantitative estimate of drug-likeness (QED) is 0.137. The maximum absolute atomic E-state index is 13.6. The molecule has 1 unspecified atom stereocenters. The molecular weight excluding hydrogens is 793 g/mol. The number of aryl methyl sites for hydroxylation is 1. The van der Waals surface area contributed by atoms with Gasteiger partial charge in [0, 0.05) is 51.3 Å². The first-order valence-corrected chi connectivity index (χ1v) is 20.7. The first kappa shape index (κ1) is 42.1. The fourth-order valence-corrected chi connectivity index (χ4v) is 9.18. The number of benzene rings is 2. The number of anilines is 1. The van der Waals surface area contributed by atoms with Crippen molar-refractivity contribution in [1.29, 1.82) is 0 Å². The zero-order valence-electron chi connectivity index (χ0n) is 34.3. The van der Waals surface area contributed by atoms with Crippen LogP contribution >= 0.6 is 11.3 Å². The summed E-state index contributed by atoms with van der Waals surface area (Å²) in [6.07, 6.45) is 4.35. The number of methoxy groups -OCH3 is 2. The van der Waals surface area contributed by atoms with Crippen molar-refractivity contribution in [2.24, 2.45) is 13.0 Å². The van der Waals surface area contributed by atoms with E-state index >= 15 is 0 Å². The molecule has 2 saturated heterocycles. The highest BCUT2D eigenvalue weighted by atomic mass is 32.1. The van der Waals surface area contributed by atoms with Gasteiger partial charge in [-0.05, 0) is 82.1 Å². The minimum atomic E-state index is -1.08. The molecular formula is C43H48N6O10S. The Hall–Kier alpha value is -6.07. The van der Waals surface area contributed by atoms with Crippen molar-refractivity contribution >= 4 is 61.9 Å². The van der Waals surface area contributed by atoms with Crippen LogP contribution in [0.4, 0.5) is 5.00 Å². The summed E-state index contributed by atoms with van der Waals surface area (Å²) in [4.78, 5) is 95.4. The number of hydrogen-bond donors (Lipinski definition) is 2. The van der Waals surface area contributed by atoms with E-state index in [2.05, 4.69) is 10.6 Å². The molecule has 7 rings (SSSR count). The molecule has 0 saturated carbocycles. The Morgan fingerprint density at radius 1 is 0.950 bits per heavy atom. The topological polar surface area (TPSA) is 186 Å². The van der Waals surface area contributed by atoms with Crippen LogP contribution in [0.3, 0.4) is 0 Å². The normalized spacial score (nSPS) is 17.9. The van der Waals surface area contributed by atoms with E-state index in [9.17, 15) is 33.6 Å². The van der Waals surface area contributed by atoms with Gasteiger partial charge in [0.1, 0.15) is 23.3 Å². The number of nitrogens with zero attached hydrogens (tertiary/aromatic N) is 4. The van der Waals surface area contributed by atoms with Gasteiger partial charge >= 0.3 is 0 Å². The van der Waals surface area contributed by atoms with Crippen molar-refractivity contribution in [3.8, 4) is 28.4 Å². The van der Waals surface area contributed by atoms with Crippen LogP contribution in [-0.4, -0.2) is 109 Å². The molecule has 4 aromatic rings. The lowest BCUT2D eigenvalue weighted by Crippen LogP contribution is -2.54. The van der Waals surface area contributed by atoms with Gasteiger partial charge in [-0.15, -0.1) is 11.3 Å². The highest BCUT2D eigenvalue weighted by molar-refractivity contribution is 7.23. The number of unbranched alkanes of at least 4 members (excludes halogenated alkanes) is 1. The summed E-state index contributed by atoms with van der Waals surface area (Å²) in [7, 11) is 8.84. The maximum atomic E-state index is 13.6. The van der Waals surface area contributed by atoms with E-state index < -0.39 is 35.6 Å². The van der Waals surface area contributed by atoms with E-state index in [1.807, 2.05) is 31.1 Å². The first-order valence-electron chi connectivity index (χ1n) is 19.9. The maximum Gasteiger partial charge on any atom is 0.266 e. The van der Waals surface area contributed by atoms with E-state index in [1.54, 1.807) is 50.6 Å². The number of likely N-dealkylation sites (tertiary alicyclic amines) is 1. The van der Waals surface area contributed by atoms with Crippen molar-refractivity contribution < 1.29 is 43.0 Å². The predicted octanol–water partition coefficient (Wildman–Crippen LogP) is 4.17. The summed E-state index contributed by atoms with van der Waals surface area (Å²) in [5.74, 6) is -1.61. The number of pyridine rings is 1. The van der Waals surface area contributed by atoms with Gasteiger partial charge in [-0.1, -0.05) is 6.07 Å². The first-order chi connectivity index (χ1) is 28.8. The molecule has 3 aliphatic heterocycles. The minimum Gasteiger partial charge on any atom is -0.496 e. The Balaban J connectivity index is 0.949. The second kappa shape index (κ2) is 17.6. The molecule has 5 heterocycles. The van der Waals surface area contributed by atoms with Gasteiger partial charge in [-0.2, -0.15) is 0 Å². The molecule has 2 N–H and O–H groups in total. The van der Waals surface area contributed by atoms with Crippen LogP contribution in [0, 0.1) is 5.92 Å². The second-order valence-corrected chi connectivity index (χ2v) is 16.6. The third-order valence-corrected chi connectivity index (χ3v) is 12.2. The van der Waals surface area contributed by atoms with Crippen LogP contribution in [0.25, 0.3) is 21.2 Å². The minimum absolute atomic E-state index is 0.0237. The Morgan fingerprint density at radius 2 is 1.70 bits per heavy atom. The number of imide groups is 2. The summed E-state index contributed by atoms with van der Waals surface area (Å²) in [6, 6.07) is 9.17. The number of thiophene rings is 1. The number of nitrogens with one attached hydrogen (secondary N) is 2. The molecule has 60 heavy (non-hydrogen) atoms. The van der Waals surface area contributed by atoms with Gasteiger partial charge in [0.25, 0.3) is 17.4 Å². The molecule has 2 fully saturated rings. The van der Waals surface area contributed by atoms with Crippen LogP contribution in [0.1, 0.15) is 71.2 Å². The number of rotatable bonds is 14. The smallest absolute Gasteiger partial charge is 0.266 e. The predicted molar refractivity (Wildman–Crippen MR) is 223 cm³/mol. The number of carbonyl (C=O) groups is 6. The largest absolute Gasteiger partial charge is 0.496 e. The average Bonchev–Trinajstić information content (AvgIpc) is 3.76. The molecule has 2 aromatic heterocycles. The molecule has 0 bridgehead atoms. The Kier molecular flexibility index (Phi) is 12.4. The van der Waals surface area contributed by atoms with Crippen molar-refractivity contribution in [1.82, 2.24) is 24.6 Å². The summed E-state index contributed by atoms with van der Waals surface area (Å²) < 4.78 is 19.7. The highest BCUT2D eigenvalue weighted by Crippen LogP contribution is 2.41. The number of amides is 6. The van der Waals surface area contributed by atoms with Crippen molar-refractivity contribution in [2.45, 2.75) is 57.5 Å². The number of fused-ring (bicyclic) bond motifs is 2. The summed E-state index contributed by atoms with van der Waals surface area (Å²) >= 11 is 1.32. The summed E-state index contributed by atoms with van der Waals surface area (Å²) in [6.45, 7) is 1.59. The molecule has 16 nitrogen and oxygen atoms in total. The van der Waals surface area contributed by atoms with Crippen LogP contribution in [0.5, 0.6) is 17.2 Å². The van der Waals surface area contributed by atoms with Crippen molar-refractivity contribution in [3.63, 3.8) is 0 Å². The Morgan fingerprint density at radius 3 is 2.40 bits per heavy atom. The molecule has 6 amide bonds. The Labute approximate surface area is 350 Å². The van der Waals surface area contributed by atoms with Crippen LogP contribution < -0.4 is 30.4 Å². The fraction of sp³-hybridized carbons (Fsp3) is 0.419. The standard InChI is InChI=1S/C43H48N6O10S/c1-46(2)22-29-32(57-4)18-25(19-33(29)58-5)28-23-47(3)41(54)27-20-35(60-38(27)28)45-39(52)24-10-9-16-48(21-24)36(51)13-6-7-17-59-31-12-8-11-26-37(31)43(56)49(42(26)55)30-14-15-34(50)44-40(30)53/h8,11-12,18-20,23-24,30H,6-7,9-10,13-17,21-22H2,1-5H3,(H,45,52)(H,44,50,53)/t24-,30?/m1/s1. The van der Waals surface area contributed by atoms with Crippen LogP contribution in [-0.2, 0) is 32.8 Å². The molecule has 2 aromatic carbocycles. The van der Waals surface area contributed by atoms with E-state index in [4.69, 9.17) is 14.2 Å². The number of carbonyl (C=O) groups excluding carboxylic acids is 6. The van der Waals surface area contributed by atoms with Crippen LogP contribution in [0.15, 0.2) is 47.4 Å². The van der Waals surface area contributed by atoms with Gasteiger partial charge < -0.3 is 33.9 Å². The summed E-state index contributed by atoms with van der Waals surface area (Å²) in [5, 5.41) is 6.22. The van der Waals surface area contributed by atoms with Crippen LogP contribution in [0.2, 0.25) is 0 Å². The molecule has 17 heteroatoms. The number of ether oxygens (including phenoxy) is 3. The van der Waals surface area contributed by atoms with Gasteiger partial charge in [-0.25, -0.2) is 0 Å². The van der Waals surface area contributed by atoms with E-state index in [1.165, 1.54) is 22.0 Å². The molecule has 0 aliphatic carbocycles. The van der Waals surface area contributed by atoms with Gasteiger partial charge in [0.15, 0.2) is 0 Å². The third-order valence-electron chi connectivity index (χ3n) is 11.1. The third kappa shape index (κ3) is 8.36. The second-order valence-electron chi connectivity index (χ2n) is 15.5. The highest BCUT2D eigenvalue weighted by Gasteiger charge is 2.46. The van der Waals surface area contributed by atoms with Crippen molar-refractivity contribution in [3.05, 3.63) is 69.6 Å². The van der Waals surface area contributed by atoms with Crippen molar-refractivity contribution in [2.75, 3.05) is 53.3 Å². The fourth-order valence-electron chi connectivity index (χ4n) is 8.09. The summed E-state index contributed by atoms with van der Waals surface area (Å²) in [5.41, 5.74) is 2.50. The van der Waals surface area contributed by atoms with Gasteiger partial charge in [0.2, 0.25) is 23.6 Å². The SMILES string of the molecule is COc1cc(-c2cn(C)c(=O)c3cc(NC(=O)[C@@H]4CCCN(C(=O)CCCCOc5cccc6c5C(=O)N(C5CCC(=O)NC5=O)C6=O)C4)sc23)cc(OC)c1CN(C)C. The Bertz CT molecular complexity index is 2430. The monoisotopic (exact) mass is 840 g/mol. The molecule has 0 spiro atoms. The lowest BCUT2D eigenvalue weighted by molar-refractivity contribution is -0.137. The molecule has 316 valence electrons. The average molecular weight is 841 g/mol. The zero-order chi connectivity index (χ0) is 42.8. The zero-order valence-corrected chi connectivity index (χ0v) is 35.1. The molecule has 0 radical (unpaired) electrons. The van der Waals surface area contributed by atoms with Gasteiger partial charge in [0.05, 0.1) is 58.5 Å². The van der Waals surface area contributed by atoms with Gasteiger partial charge in [-0.3, -0.25) is 43.8 Å². The lowest BCUT2D eigenvalue weighted by Gasteiger charge is -2.32. The molecule has 2 atom stereocenters. The van der Waals surface area contributed by atoms with E-state index in [-0.39, 0.29) is 66.7 Å². The van der Waals surface area contributed by atoms with E-state index in [0.29, 0.717) is 65.4 Å². The number of piperidine rings is 2. The van der Waals surface area contributed by atoms with E-state index in [0.717, 1.165) is 21.6 Å². The number of aromatic nitrogens is 1. The lowest BCUT2D eigenvalue weighted by atomic mass is 9.96. The number of hydrogen-bond acceptors (Lipinski definition) is 12. The molecule has 3 aliphatic rings.